The fourth-order valence-electron chi connectivity index (χ4n) is 4.73. The average Bonchev–Trinajstić information content (AvgIpc) is 3.44. The number of benzene rings is 1. The first-order valence-electron chi connectivity index (χ1n) is 10.9. The number of aliphatic imine (C=N–C) groups is 1. The Morgan fingerprint density at radius 2 is 1.79 bits per heavy atom. The molecule has 0 spiro atoms. The van der Waals surface area contributed by atoms with Gasteiger partial charge in [-0.05, 0) is 37.0 Å². The van der Waals surface area contributed by atoms with E-state index in [1.807, 2.05) is 7.05 Å². The molecule has 1 aromatic carbocycles. The smallest absolute Gasteiger partial charge is 0.191 e. The van der Waals surface area contributed by atoms with Crippen LogP contribution in [-0.4, -0.2) is 69.4 Å². The van der Waals surface area contributed by atoms with E-state index in [1.165, 1.54) is 49.9 Å². The van der Waals surface area contributed by atoms with E-state index in [4.69, 9.17) is 4.74 Å². The maximum absolute atomic E-state index is 5.44. The number of guanidine groups is 1. The van der Waals surface area contributed by atoms with Crippen LogP contribution in [0.15, 0.2) is 29.3 Å². The monoisotopic (exact) mass is 513 g/mol. The molecule has 1 saturated carbocycles. The van der Waals surface area contributed by atoms with E-state index >= 15 is 0 Å². The maximum atomic E-state index is 5.44. The van der Waals surface area contributed by atoms with Gasteiger partial charge in [0, 0.05) is 57.5 Å². The van der Waals surface area contributed by atoms with Gasteiger partial charge in [0.15, 0.2) is 5.96 Å². The molecule has 1 aliphatic carbocycles. The lowest BCUT2D eigenvalue weighted by Crippen LogP contribution is -2.45. The molecule has 2 N–H and O–H groups in total. The number of nitrogens with one attached hydrogen (secondary N) is 2. The number of morpholine rings is 1. The number of hydrogen-bond acceptors (Lipinski definition) is 4. The highest BCUT2D eigenvalue weighted by molar-refractivity contribution is 14.0. The number of ether oxygens (including phenoxy) is 1. The van der Waals surface area contributed by atoms with Gasteiger partial charge >= 0.3 is 0 Å². The largest absolute Gasteiger partial charge is 0.378 e. The van der Waals surface area contributed by atoms with Crippen LogP contribution in [0.2, 0.25) is 0 Å². The minimum absolute atomic E-state index is 0. The number of rotatable bonds is 5. The summed E-state index contributed by atoms with van der Waals surface area (Å²) in [4.78, 5) is 9.50. The van der Waals surface area contributed by atoms with Crippen molar-refractivity contribution in [2.45, 2.75) is 50.7 Å². The zero-order chi connectivity index (χ0) is 19.2. The second kappa shape index (κ2) is 11.4. The molecule has 3 fully saturated rings. The third-order valence-corrected chi connectivity index (χ3v) is 6.40. The number of anilines is 1. The van der Waals surface area contributed by atoms with Crippen molar-refractivity contribution in [1.29, 1.82) is 0 Å². The Kier molecular flexibility index (Phi) is 8.86. The lowest BCUT2D eigenvalue weighted by atomic mass is 10.2. The van der Waals surface area contributed by atoms with Crippen LogP contribution in [0.1, 0.15) is 37.7 Å². The molecule has 4 rings (SSSR count). The molecule has 7 heteroatoms. The Balaban J connectivity index is 0.00000240. The summed E-state index contributed by atoms with van der Waals surface area (Å²) in [5.74, 6) is 0.913. The van der Waals surface area contributed by atoms with Gasteiger partial charge in [-0.3, -0.25) is 9.89 Å². The summed E-state index contributed by atoms with van der Waals surface area (Å²) >= 11 is 0. The van der Waals surface area contributed by atoms with Gasteiger partial charge in [0.25, 0.3) is 0 Å². The molecule has 0 radical (unpaired) electrons. The van der Waals surface area contributed by atoms with Crippen molar-refractivity contribution in [3.63, 3.8) is 0 Å². The van der Waals surface area contributed by atoms with Crippen molar-refractivity contribution < 1.29 is 4.74 Å². The molecular weight excluding hydrogens is 477 g/mol. The second-order valence-corrected chi connectivity index (χ2v) is 8.25. The molecule has 29 heavy (non-hydrogen) atoms. The molecule has 6 nitrogen and oxygen atoms in total. The third-order valence-electron chi connectivity index (χ3n) is 6.40. The Bertz CT molecular complexity index is 641. The van der Waals surface area contributed by atoms with Gasteiger partial charge in [0.1, 0.15) is 0 Å². The van der Waals surface area contributed by atoms with Gasteiger partial charge in [-0.2, -0.15) is 0 Å². The van der Waals surface area contributed by atoms with E-state index in [2.05, 4.69) is 49.7 Å². The van der Waals surface area contributed by atoms with Crippen LogP contribution in [0.25, 0.3) is 0 Å². The van der Waals surface area contributed by atoms with Crippen molar-refractivity contribution in [2.24, 2.45) is 4.99 Å². The predicted molar refractivity (Wildman–Crippen MR) is 130 cm³/mol. The summed E-state index contributed by atoms with van der Waals surface area (Å²) in [6.45, 7) is 6.78. The molecule has 162 valence electrons. The standard InChI is InChI=1S/C22H35N5O.HI/c1-23-22(25-19-10-11-27(17-19)20-4-2-3-5-20)24-16-18-6-8-21(9-7-18)26-12-14-28-15-13-26;/h6-9,19-20H,2-5,10-17H2,1H3,(H2,23,24,25);1H. The van der Waals surface area contributed by atoms with E-state index in [0.717, 1.165) is 51.4 Å². The molecule has 0 bridgehead atoms. The summed E-state index contributed by atoms with van der Waals surface area (Å²) in [6, 6.07) is 10.2. The molecule has 0 aromatic heterocycles. The van der Waals surface area contributed by atoms with Crippen LogP contribution < -0.4 is 15.5 Å². The Labute approximate surface area is 192 Å². The highest BCUT2D eigenvalue weighted by atomic mass is 127. The lowest BCUT2D eigenvalue weighted by molar-refractivity contribution is 0.122. The van der Waals surface area contributed by atoms with Crippen LogP contribution in [0.5, 0.6) is 0 Å². The summed E-state index contributed by atoms with van der Waals surface area (Å²) in [7, 11) is 1.86. The maximum Gasteiger partial charge on any atom is 0.191 e. The van der Waals surface area contributed by atoms with Crippen LogP contribution in [0.4, 0.5) is 5.69 Å². The molecule has 2 aliphatic heterocycles. The fourth-order valence-corrected chi connectivity index (χ4v) is 4.73. The summed E-state index contributed by atoms with van der Waals surface area (Å²) in [5.41, 5.74) is 2.56. The van der Waals surface area contributed by atoms with Crippen LogP contribution >= 0.6 is 24.0 Å². The third kappa shape index (κ3) is 6.21. The molecular formula is C22H36IN5O. The normalized spacial score (nSPS) is 23.8. The van der Waals surface area contributed by atoms with Gasteiger partial charge in [-0.1, -0.05) is 25.0 Å². The van der Waals surface area contributed by atoms with Crippen LogP contribution in [-0.2, 0) is 11.3 Å². The van der Waals surface area contributed by atoms with Gasteiger partial charge in [0.2, 0.25) is 0 Å². The quantitative estimate of drug-likeness (QED) is 0.361. The number of hydrogen-bond donors (Lipinski definition) is 2. The molecule has 2 heterocycles. The Morgan fingerprint density at radius 3 is 2.48 bits per heavy atom. The van der Waals surface area contributed by atoms with Crippen molar-refractivity contribution in [2.75, 3.05) is 51.3 Å². The van der Waals surface area contributed by atoms with Crippen molar-refractivity contribution >= 4 is 35.6 Å². The second-order valence-electron chi connectivity index (χ2n) is 8.25. The fraction of sp³-hybridized carbons (Fsp3) is 0.682. The van der Waals surface area contributed by atoms with Gasteiger partial charge in [0.05, 0.1) is 13.2 Å². The summed E-state index contributed by atoms with van der Waals surface area (Å²) in [5, 5.41) is 7.11. The first kappa shape index (κ1) is 22.6. The van der Waals surface area contributed by atoms with E-state index < -0.39 is 0 Å². The summed E-state index contributed by atoms with van der Waals surface area (Å²) in [6.07, 6.45) is 6.81. The minimum atomic E-state index is 0. The first-order valence-corrected chi connectivity index (χ1v) is 10.9. The average molecular weight is 513 g/mol. The van der Waals surface area contributed by atoms with E-state index in [0.29, 0.717) is 6.04 Å². The van der Waals surface area contributed by atoms with Gasteiger partial charge in [-0.15, -0.1) is 24.0 Å². The Morgan fingerprint density at radius 1 is 1.07 bits per heavy atom. The molecule has 1 aromatic rings. The lowest BCUT2D eigenvalue weighted by Gasteiger charge is -2.29. The molecule has 1 unspecified atom stereocenters. The van der Waals surface area contributed by atoms with Gasteiger partial charge in [-0.25, -0.2) is 0 Å². The van der Waals surface area contributed by atoms with E-state index in [9.17, 15) is 0 Å². The van der Waals surface area contributed by atoms with Crippen LogP contribution in [0, 0.1) is 0 Å². The van der Waals surface area contributed by atoms with E-state index in [1.54, 1.807) is 0 Å². The van der Waals surface area contributed by atoms with Gasteiger partial charge < -0.3 is 20.3 Å². The first-order chi connectivity index (χ1) is 13.8. The Hall–Kier alpha value is -1.06. The minimum Gasteiger partial charge on any atom is -0.378 e. The molecule has 1 atom stereocenters. The number of halogens is 1. The van der Waals surface area contributed by atoms with E-state index in [-0.39, 0.29) is 24.0 Å². The van der Waals surface area contributed by atoms with Crippen molar-refractivity contribution in [1.82, 2.24) is 15.5 Å². The number of nitrogens with zero attached hydrogens (tertiary/aromatic N) is 3. The topological polar surface area (TPSA) is 52.1 Å². The van der Waals surface area contributed by atoms with Crippen LogP contribution in [0.3, 0.4) is 0 Å². The molecule has 3 aliphatic rings. The number of likely N-dealkylation sites (tertiary alicyclic amines) is 1. The molecule has 0 amide bonds. The highest BCUT2D eigenvalue weighted by Gasteiger charge is 2.30. The SMILES string of the molecule is CN=C(NCc1ccc(N2CCOCC2)cc1)NC1CCN(C2CCCC2)C1.I. The predicted octanol–water partition coefficient (Wildman–Crippen LogP) is 2.82. The van der Waals surface area contributed by atoms with Crippen molar-refractivity contribution in [3.05, 3.63) is 29.8 Å². The zero-order valence-electron chi connectivity index (χ0n) is 17.6. The highest BCUT2D eigenvalue weighted by Crippen LogP contribution is 2.26. The zero-order valence-corrected chi connectivity index (χ0v) is 19.9. The van der Waals surface area contributed by atoms with Crippen molar-refractivity contribution in [3.8, 4) is 0 Å². The molecule has 2 saturated heterocycles. The summed E-state index contributed by atoms with van der Waals surface area (Å²) < 4.78 is 5.44.